The minimum atomic E-state index is 0.0755. The summed E-state index contributed by atoms with van der Waals surface area (Å²) in [5.41, 5.74) is 3.78. The smallest absolute Gasteiger partial charge is 0.246 e. The van der Waals surface area contributed by atoms with E-state index >= 15 is 0 Å². The standard InChI is InChI=1S/C26H29N3O2/c1-31-23-17-15-22(16-18-23)29(21-11-5-6-12-21)26(30)19-27-24-13-7-8-14-25(24)28-20-9-3-2-4-10-20/h2-4,7-10,13-18,21,27-28H,5-6,11-12,19H2,1H3. The summed E-state index contributed by atoms with van der Waals surface area (Å²) >= 11 is 0. The SMILES string of the molecule is COc1ccc(N(C(=O)CNc2ccccc2Nc2ccccc2)C2CCCC2)cc1. The lowest BCUT2D eigenvalue weighted by Crippen LogP contribution is -2.42. The van der Waals surface area contributed by atoms with E-state index in [1.807, 2.05) is 83.8 Å². The number of amides is 1. The number of ether oxygens (including phenoxy) is 1. The summed E-state index contributed by atoms with van der Waals surface area (Å²) in [4.78, 5) is 15.3. The Balaban J connectivity index is 1.49. The van der Waals surface area contributed by atoms with E-state index in [0.717, 1.165) is 41.3 Å². The van der Waals surface area contributed by atoms with E-state index in [4.69, 9.17) is 4.74 Å². The fourth-order valence-electron chi connectivity index (χ4n) is 4.14. The van der Waals surface area contributed by atoms with E-state index < -0.39 is 0 Å². The molecule has 0 heterocycles. The molecule has 0 aromatic heterocycles. The lowest BCUT2D eigenvalue weighted by molar-refractivity contribution is -0.117. The van der Waals surface area contributed by atoms with Gasteiger partial charge in [-0.05, 0) is 61.4 Å². The maximum absolute atomic E-state index is 13.3. The molecule has 0 unspecified atom stereocenters. The number of nitrogens with zero attached hydrogens (tertiary/aromatic N) is 1. The molecule has 3 aromatic rings. The Bertz CT molecular complexity index is 983. The number of rotatable bonds is 8. The summed E-state index contributed by atoms with van der Waals surface area (Å²) in [5, 5.41) is 6.77. The van der Waals surface area contributed by atoms with Crippen LogP contribution in [0.2, 0.25) is 0 Å². The van der Waals surface area contributed by atoms with E-state index in [0.29, 0.717) is 0 Å². The third-order valence-electron chi connectivity index (χ3n) is 5.72. The summed E-state index contributed by atoms with van der Waals surface area (Å²) in [6, 6.07) is 26.0. The molecule has 160 valence electrons. The highest BCUT2D eigenvalue weighted by molar-refractivity contribution is 5.97. The van der Waals surface area contributed by atoms with Crippen molar-refractivity contribution in [3.8, 4) is 5.75 Å². The molecular weight excluding hydrogens is 386 g/mol. The van der Waals surface area contributed by atoms with Gasteiger partial charge in [-0.1, -0.05) is 43.2 Å². The molecule has 0 saturated heterocycles. The predicted octanol–water partition coefficient (Wildman–Crippen LogP) is 5.83. The van der Waals surface area contributed by atoms with E-state index in [-0.39, 0.29) is 18.5 Å². The minimum Gasteiger partial charge on any atom is -0.497 e. The lowest BCUT2D eigenvalue weighted by atomic mass is 10.1. The minimum absolute atomic E-state index is 0.0755. The van der Waals surface area contributed by atoms with Crippen LogP contribution in [0, 0.1) is 0 Å². The molecule has 2 N–H and O–H groups in total. The monoisotopic (exact) mass is 415 g/mol. The molecule has 1 aliphatic rings. The molecule has 0 spiro atoms. The lowest BCUT2D eigenvalue weighted by Gasteiger charge is -2.29. The number of benzene rings is 3. The van der Waals surface area contributed by atoms with Crippen molar-refractivity contribution in [2.75, 3.05) is 29.2 Å². The zero-order valence-corrected chi connectivity index (χ0v) is 17.9. The average molecular weight is 416 g/mol. The van der Waals surface area contributed by atoms with Crippen molar-refractivity contribution in [2.45, 2.75) is 31.7 Å². The van der Waals surface area contributed by atoms with Crippen LogP contribution >= 0.6 is 0 Å². The van der Waals surface area contributed by atoms with Crippen molar-refractivity contribution < 1.29 is 9.53 Å². The van der Waals surface area contributed by atoms with Gasteiger partial charge in [0.15, 0.2) is 0 Å². The summed E-state index contributed by atoms with van der Waals surface area (Å²) < 4.78 is 5.28. The van der Waals surface area contributed by atoms with Crippen LogP contribution in [0.5, 0.6) is 5.75 Å². The van der Waals surface area contributed by atoms with Crippen LogP contribution in [0.4, 0.5) is 22.7 Å². The Morgan fingerprint density at radius 2 is 1.55 bits per heavy atom. The third kappa shape index (κ3) is 5.18. The van der Waals surface area contributed by atoms with E-state index in [1.165, 1.54) is 12.8 Å². The molecule has 0 aliphatic heterocycles. The van der Waals surface area contributed by atoms with E-state index in [2.05, 4.69) is 10.6 Å². The second kappa shape index (κ2) is 10.0. The number of para-hydroxylation sites is 3. The molecule has 3 aromatic carbocycles. The van der Waals surface area contributed by atoms with Crippen LogP contribution in [0.25, 0.3) is 0 Å². The molecule has 5 nitrogen and oxygen atoms in total. The Hall–Kier alpha value is -3.47. The van der Waals surface area contributed by atoms with Gasteiger partial charge in [0.25, 0.3) is 0 Å². The first kappa shape index (κ1) is 20.8. The number of nitrogens with one attached hydrogen (secondary N) is 2. The highest BCUT2D eigenvalue weighted by atomic mass is 16.5. The average Bonchev–Trinajstić information content (AvgIpc) is 3.34. The molecule has 4 rings (SSSR count). The van der Waals surface area contributed by atoms with Gasteiger partial charge in [0.05, 0.1) is 25.0 Å². The Kier molecular flexibility index (Phi) is 6.72. The molecule has 0 bridgehead atoms. The predicted molar refractivity (Wildman–Crippen MR) is 127 cm³/mol. The van der Waals surface area contributed by atoms with Crippen molar-refractivity contribution in [3.05, 3.63) is 78.9 Å². The number of hydrogen-bond donors (Lipinski definition) is 2. The Morgan fingerprint density at radius 3 is 2.23 bits per heavy atom. The van der Waals surface area contributed by atoms with Gasteiger partial charge in [0.2, 0.25) is 5.91 Å². The summed E-state index contributed by atoms with van der Waals surface area (Å²) in [6.45, 7) is 0.232. The maximum Gasteiger partial charge on any atom is 0.246 e. The van der Waals surface area contributed by atoms with Crippen molar-refractivity contribution in [2.24, 2.45) is 0 Å². The molecule has 1 saturated carbocycles. The fourth-order valence-corrected chi connectivity index (χ4v) is 4.14. The van der Waals surface area contributed by atoms with Crippen molar-refractivity contribution in [1.29, 1.82) is 0 Å². The molecular formula is C26H29N3O2. The van der Waals surface area contributed by atoms with Gasteiger partial charge in [-0.15, -0.1) is 0 Å². The molecule has 0 radical (unpaired) electrons. The fraction of sp³-hybridized carbons (Fsp3) is 0.269. The van der Waals surface area contributed by atoms with Gasteiger partial charge < -0.3 is 20.3 Å². The highest BCUT2D eigenvalue weighted by Crippen LogP contribution is 2.30. The first-order valence-corrected chi connectivity index (χ1v) is 10.9. The van der Waals surface area contributed by atoms with E-state index in [9.17, 15) is 4.79 Å². The zero-order chi connectivity index (χ0) is 21.5. The first-order chi connectivity index (χ1) is 15.2. The number of carbonyl (C=O) groups is 1. The van der Waals surface area contributed by atoms with Crippen LogP contribution in [0.3, 0.4) is 0 Å². The zero-order valence-electron chi connectivity index (χ0n) is 17.9. The largest absolute Gasteiger partial charge is 0.497 e. The van der Waals surface area contributed by atoms with Gasteiger partial charge in [-0.25, -0.2) is 0 Å². The summed E-state index contributed by atoms with van der Waals surface area (Å²) in [6.07, 6.45) is 4.43. The third-order valence-corrected chi connectivity index (χ3v) is 5.72. The number of carbonyl (C=O) groups excluding carboxylic acids is 1. The van der Waals surface area contributed by atoms with Crippen LogP contribution in [0.15, 0.2) is 78.9 Å². The van der Waals surface area contributed by atoms with E-state index in [1.54, 1.807) is 7.11 Å². The van der Waals surface area contributed by atoms with Gasteiger partial charge in [-0.3, -0.25) is 4.79 Å². The topological polar surface area (TPSA) is 53.6 Å². The van der Waals surface area contributed by atoms with Gasteiger partial charge in [0.1, 0.15) is 5.75 Å². The second-order valence-corrected chi connectivity index (χ2v) is 7.79. The van der Waals surface area contributed by atoms with Gasteiger partial charge in [0, 0.05) is 17.4 Å². The van der Waals surface area contributed by atoms with Gasteiger partial charge in [-0.2, -0.15) is 0 Å². The normalized spacial score (nSPS) is 13.6. The quantitative estimate of drug-likeness (QED) is 0.486. The molecule has 1 aliphatic carbocycles. The van der Waals surface area contributed by atoms with Crippen LogP contribution in [-0.2, 0) is 4.79 Å². The van der Waals surface area contributed by atoms with Crippen LogP contribution in [-0.4, -0.2) is 25.6 Å². The summed E-state index contributed by atoms with van der Waals surface area (Å²) in [7, 11) is 1.65. The second-order valence-electron chi connectivity index (χ2n) is 7.79. The highest BCUT2D eigenvalue weighted by Gasteiger charge is 2.28. The molecule has 0 atom stereocenters. The van der Waals surface area contributed by atoms with Crippen LogP contribution < -0.4 is 20.3 Å². The van der Waals surface area contributed by atoms with Crippen molar-refractivity contribution in [1.82, 2.24) is 0 Å². The molecule has 31 heavy (non-hydrogen) atoms. The van der Waals surface area contributed by atoms with Crippen molar-refractivity contribution in [3.63, 3.8) is 0 Å². The summed E-state index contributed by atoms with van der Waals surface area (Å²) in [5.74, 6) is 0.869. The first-order valence-electron chi connectivity index (χ1n) is 10.9. The van der Waals surface area contributed by atoms with Crippen molar-refractivity contribution >= 4 is 28.7 Å². The Labute approximate surface area is 184 Å². The number of methoxy groups -OCH3 is 1. The number of anilines is 4. The van der Waals surface area contributed by atoms with Gasteiger partial charge >= 0.3 is 0 Å². The maximum atomic E-state index is 13.3. The molecule has 1 amide bonds. The molecule has 5 heteroatoms. The number of hydrogen-bond acceptors (Lipinski definition) is 4. The van der Waals surface area contributed by atoms with Crippen LogP contribution in [0.1, 0.15) is 25.7 Å². The Morgan fingerprint density at radius 1 is 0.903 bits per heavy atom. The molecule has 1 fully saturated rings.